The lowest BCUT2D eigenvalue weighted by molar-refractivity contribution is -0.401. The van der Waals surface area contributed by atoms with E-state index in [4.69, 9.17) is 4.42 Å². The number of nitrogens with zero attached hydrogens (tertiary/aromatic N) is 5. The summed E-state index contributed by atoms with van der Waals surface area (Å²) in [7, 11) is 3.67. The van der Waals surface area contributed by atoms with Gasteiger partial charge in [0.25, 0.3) is 0 Å². The second-order valence-corrected chi connectivity index (χ2v) is 4.40. The third-order valence-electron chi connectivity index (χ3n) is 2.33. The van der Waals surface area contributed by atoms with E-state index in [9.17, 15) is 10.1 Å². The van der Waals surface area contributed by atoms with Gasteiger partial charge >= 0.3 is 5.88 Å². The minimum Gasteiger partial charge on any atom is -0.399 e. The second kappa shape index (κ2) is 5.99. The lowest BCUT2D eigenvalue weighted by Crippen LogP contribution is -2.09. The maximum atomic E-state index is 10.6. The number of hydrogen-bond acceptors (Lipinski definition) is 7. The molecule has 21 heavy (non-hydrogen) atoms. The third-order valence-corrected chi connectivity index (χ3v) is 2.33. The van der Waals surface area contributed by atoms with Crippen molar-refractivity contribution in [2.24, 2.45) is 5.10 Å². The van der Waals surface area contributed by atoms with Gasteiger partial charge in [-0.2, -0.15) is 5.10 Å². The van der Waals surface area contributed by atoms with E-state index in [-0.39, 0.29) is 5.88 Å². The van der Waals surface area contributed by atoms with E-state index in [1.807, 2.05) is 14.1 Å². The number of hydrogen-bond donors (Lipinski definition) is 1. The van der Waals surface area contributed by atoms with E-state index < -0.39 is 4.92 Å². The quantitative estimate of drug-likeness (QED) is 0.387. The summed E-state index contributed by atoms with van der Waals surface area (Å²) in [5, 5.41) is 14.6. The normalized spacial score (nSPS) is 10.8. The van der Waals surface area contributed by atoms with Crippen molar-refractivity contribution < 1.29 is 9.34 Å². The zero-order valence-corrected chi connectivity index (χ0v) is 11.8. The molecule has 9 heteroatoms. The number of furan rings is 1. The number of anilines is 1. The zero-order valence-electron chi connectivity index (χ0n) is 11.8. The van der Waals surface area contributed by atoms with Gasteiger partial charge in [-0.25, -0.2) is 9.97 Å². The molecule has 0 aliphatic carbocycles. The maximum Gasteiger partial charge on any atom is 0.433 e. The average Bonchev–Trinajstić information content (AvgIpc) is 2.87. The second-order valence-electron chi connectivity index (χ2n) is 4.40. The van der Waals surface area contributed by atoms with Gasteiger partial charge in [0, 0.05) is 20.2 Å². The van der Waals surface area contributed by atoms with Gasteiger partial charge in [-0.15, -0.1) is 0 Å². The van der Waals surface area contributed by atoms with Crippen LogP contribution in [0.25, 0.3) is 11.5 Å². The Morgan fingerprint density at radius 1 is 1.43 bits per heavy atom. The van der Waals surface area contributed by atoms with Crippen molar-refractivity contribution in [3.05, 3.63) is 34.1 Å². The summed E-state index contributed by atoms with van der Waals surface area (Å²) in [4.78, 5) is 20.1. The first kappa shape index (κ1) is 14.4. The Kier molecular flexibility index (Phi) is 4.12. The van der Waals surface area contributed by atoms with Gasteiger partial charge in [-0.05, 0) is 13.0 Å². The number of rotatable bonds is 5. The standard InChI is InChI=1S/C12H14N6O3/c1-8-14-9(10-4-5-12(21-10)18(19)20)6-11(15-8)16-13-7-17(2)3/h4-7H,1-3H3,(H,14,15,16). The Labute approximate surface area is 120 Å². The summed E-state index contributed by atoms with van der Waals surface area (Å²) >= 11 is 0. The Bertz CT molecular complexity index is 679. The Morgan fingerprint density at radius 3 is 2.81 bits per heavy atom. The number of hydrazone groups is 1. The molecule has 9 nitrogen and oxygen atoms in total. The van der Waals surface area contributed by atoms with Crippen LogP contribution in [0.4, 0.5) is 11.7 Å². The van der Waals surface area contributed by atoms with E-state index in [2.05, 4.69) is 20.5 Å². The summed E-state index contributed by atoms with van der Waals surface area (Å²) in [5.74, 6) is 0.928. The smallest absolute Gasteiger partial charge is 0.399 e. The van der Waals surface area contributed by atoms with Crippen LogP contribution in [0.1, 0.15) is 5.82 Å². The molecule has 2 rings (SSSR count). The van der Waals surface area contributed by atoms with Gasteiger partial charge in [-0.1, -0.05) is 0 Å². The van der Waals surface area contributed by atoms with Crippen molar-refractivity contribution in [3.63, 3.8) is 0 Å². The number of nitrogens with one attached hydrogen (secondary N) is 1. The zero-order chi connectivity index (χ0) is 15.4. The predicted octanol–water partition coefficient (Wildman–Crippen LogP) is 1.87. The van der Waals surface area contributed by atoms with E-state index >= 15 is 0 Å². The Balaban J connectivity index is 2.27. The van der Waals surface area contributed by atoms with Crippen LogP contribution in [0, 0.1) is 17.0 Å². The van der Waals surface area contributed by atoms with Crippen LogP contribution >= 0.6 is 0 Å². The molecular formula is C12H14N6O3. The summed E-state index contributed by atoms with van der Waals surface area (Å²) in [6.45, 7) is 1.71. The molecule has 110 valence electrons. The molecule has 0 unspecified atom stereocenters. The van der Waals surface area contributed by atoms with Crippen molar-refractivity contribution in [2.75, 3.05) is 19.5 Å². The molecule has 0 spiro atoms. The number of aromatic nitrogens is 2. The van der Waals surface area contributed by atoms with Crippen LogP contribution in [-0.4, -0.2) is 40.2 Å². The minimum absolute atomic E-state index is 0.298. The van der Waals surface area contributed by atoms with E-state index in [0.717, 1.165) is 0 Å². The van der Waals surface area contributed by atoms with Crippen LogP contribution in [0.3, 0.4) is 0 Å². The van der Waals surface area contributed by atoms with Crippen molar-refractivity contribution in [3.8, 4) is 11.5 Å². The lowest BCUT2D eigenvalue weighted by atomic mass is 10.3. The SMILES string of the molecule is Cc1nc(NN=CN(C)C)cc(-c2ccc([N+](=O)[O-])o2)n1. The first-order valence-corrected chi connectivity index (χ1v) is 6.01. The van der Waals surface area contributed by atoms with Gasteiger partial charge < -0.3 is 9.32 Å². The van der Waals surface area contributed by atoms with E-state index in [1.54, 1.807) is 24.2 Å². The van der Waals surface area contributed by atoms with Crippen molar-refractivity contribution in [1.29, 1.82) is 0 Å². The first-order valence-electron chi connectivity index (χ1n) is 6.01. The molecular weight excluding hydrogens is 276 g/mol. The number of nitro groups is 1. The summed E-state index contributed by atoms with van der Waals surface area (Å²) in [6, 6.07) is 4.37. The highest BCUT2D eigenvalue weighted by atomic mass is 16.6. The van der Waals surface area contributed by atoms with E-state index in [1.165, 1.54) is 12.1 Å². The summed E-state index contributed by atoms with van der Waals surface area (Å²) in [6.07, 6.45) is 1.58. The van der Waals surface area contributed by atoms with Gasteiger partial charge in [0.2, 0.25) is 0 Å². The summed E-state index contributed by atoms with van der Waals surface area (Å²) < 4.78 is 5.12. The predicted molar refractivity (Wildman–Crippen MR) is 76.9 cm³/mol. The van der Waals surface area contributed by atoms with Crippen LogP contribution in [0.15, 0.2) is 27.7 Å². The highest BCUT2D eigenvalue weighted by Crippen LogP contribution is 2.25. The molecule has 0 saturated heterocycles. The summed E-state index contributed by atoms with van der Waals surface area (Å²) in [5.41, 5.74) is 3.20. The lowest BCUT2D eigenvalue weighted by Gasteiger charge is -2.05. The van der Waals surface area contributed by atoms with Crippen LogP contribution in [0.2, 0.25) is 0 Å². The van der Waals surface area contributed by atoms with Crippen LogP contribution < -0.4 is 5.43 Å². The molecule has 0 aromatic carbocycles. The Morgan fingerprint density at radius 2 is 2.19 bits per heavy atom. The molecule has 2 aromatic heterocycles. The van der Waals surface area contributed by atoms with Crippen LogP contribution in [0.5, 0.6) is 0 Å². The van der Waals surface area contributed by atoms with Gasteiger partial charge in [0.1, 0.15) is 22.8 Å². The first-order chi connectivity index (χ1) is 9.95. The molecule has 0 amide bonds. The fraction of sp³-hybridized carbons (Fsp3) is 0.250. The van der Waals surface area contributed by atoms with Crippen molar-refractivity contribution in [1.82, 2.24) is 14.9 Å². The molecule has 0 fully saturated rings. The van der Waals surface area contributed by atoms with Gasteiger partial charge in [0.15, 0.2) is 11.6 Å². The highest BCUT2D eigenvalue weighted by Gasteiger charge is 2.15. The Hall–Kier alpha value is -2.97. The molecule has 0 aliphatic heterocycles. The number of aryl methyl sites for hydroxylation is 1. The highest BCUT2D eigenvalue weighted by molar-refractivity contribution is 5.60. The third kappa shape index (κ3) is 3.75. The molecule has 1 N–H and O–H groups in total. The molecule has 2 heterocycles. The van der Waals surface area contributed by atoms with E-state index in [0.29, 0.717) is 23.1 Å². The van der Waals surface area contributed by atoms with Gasteiger partial charge in [-0.3, -0.25) is 15.5 Å². The van der Waals surface area contributed by atoms with Crippen LogP contribution in [-0.2, 0) is 0 Å². The molecule has 0 aliphatic rings. The largest absolute Gasteiger partial charge is 0.433 e. The minimum atomic E-state index is -0.599. The monoisotopic (exact) mass is 290 g/mol. The molecule has 0 saturated carbocycles. The fourth-order valence-electron chi connectivity index (χ4n) is 1.53. The molecule has 0 atom stereocenters. The average molecular weight is 290 g/mol. The molecule has 0 radical (unpaired) electrons. The maximum absolute atomic E-state index is 10.6. The van der Waals surface area contributed by atoms with Crippen molar-refractivity contribution >= 4 is 18.0 Å². The van der Waals surface area contributed by atoms with Crippen molar-refractivity contribution in [2.45, 2.75) is 6.92 Å². The molecule has 0 bridgehead atoms. The van der Waals surface area contributed by atoms with Gasteiger partial charge in [0.05, 0.1) is 6.07 Å². The topological polar surface area (TPSA) is 110 Å². The fourth-order valence-corrected chi connectivity index (χ4v) is 1.53. The molecule has 2 aromatic rings.